The van der Waals surface area contributed by atoms with Crippen LogP contribution in [0.4, 0.5) is 14.5 Å². The maximum absolute atomic E-state index is 13.7. The molecular weight excluding hydrogens is 305 g/mol. The standard InChI is InChI=1S/C14H8Cl2F2N2/c15-11-2-1-9(5-12(11)16)20-7-10-13(17)3-8(6-19)4-14(10)18/h1-5,20H,7H2. The van der Waals surface area contributed by atoms with E-state index in [4.69, 9.17) is 28.5 Å². The first-order chi connectivity index (χ1) is 9.51. The van der Waals surface area contributed by atoms with Crippen LogP contribution in [0.3, 0.4) is 0 Å². The molecule has 6 heteroatoms. The molecular formula is C14H8Cl2F2N2. The second-order valence-corrected chi connectivity index (χ2v) is 4.83. The van der Waals surface area contributed by atoms with Gasteiger partial charge in [0.2, 0.25) is 0 Å². The number of hydrogen-bond acceptors (Lipinski definition) is 2. The Balaban J connectivity index is 2.19. The Hall–Kier alpha value is -1.83. The third kappa shape index (κ3) is 3.19. The number of nitriles is 1. The fourth-order valence-electron chi connectivity index (χ4n) is 1.63. The van der Waals surface area contributed by atoms with Crippen LogP contribution in [0.25, 0.3) is 0 Å². The number of benzene rings is 2. The lowest BCUT2D eigenvalue weighted by Crippen LogP contribution is -2.05. The third-order valence-electron chi connectivity index (χ3n) is 2.66. The minimum Gasteiger partial charge on any atom is -0.381 e. The van der Waals surface area contributed by atoms with Gasteiger partial charge in [0.05, 0.1) is 21.7 Å². The van der Waals surface area contributed by atoms with Crippen LogP contribution in [0.2, 0.25) is 10.0 Å². The SMILES string of the molecule is N#Cc1cc(F)c(CNc2ccc(Cl)c(Cl)c2)c(F)c1. The highest BCUT2D eigenvalue weighted by atomic mass is 35.5. The van der Waals surface area contributed by atoms with Crippen molar-refractivity contribution in [3.05, 3.63) is 63.1 Å². The van der Waals surface area contributed by atoms with Crippen LogP contribution >= 0.6 is 23.2 Å². The van der Waals surface area contributed by atoms with Crippen molar-refractivity contribution in [3.63, 3.8) is 0 Å². The van der Waals surface area contributed by atoms with Crippen molar-refractivity contribution in [2.24, 2.45) is 0 Å². The predicted molar refractivity (Wildman–Crippen MR) is 74.9 cm³/mol. The first kappa shape index (κ1) is 14.6. The molecule has 0 radical (unpaired) electrons. The lowest BCUT2D eigenvalue weighted by atomic mass is 10.1. The number of halogens is 4. The summed E-state index contributed by atoms with van der Waals surface area (Å²) in [5, 5.41) is 12.2. The van der Waals surface area contributed by atoms with Crippen LogP contribution in [0.5, 0.6) is 0 Å². The van der Waals surface area contributed by atoms with E-state index in [-0.39, 0.29) is 17.7 Å². The molecule has 0 unspecified atom stereocenters. The second kappa shape index (κ2) is 6.08. The molecule has 0 saturated heterocycles. The van der Waals surface area contributed by atoms with Crippen LogP contribution in [-0.2, 0) is 6.54 Å². The molecule has 0 spiro atoms. The van der Waals surface area contributed by atoms with Crippen molar-refractivity contribution in [1.82, 2.24) is 0 Å². The maximum atomic E-state index is 13.7. The Morgan fingerprint density at radius 1 is 1.05 bits per heavy atom. The molecule has 0 aliphatic carbocycles. The van der Waals surface area contributed by atoms with E-state index in [0.717, 1.165) is 12.1 Å². The van der Waals surface area contributed by atoms with Gasteiger partial charge in [0.25, 0.3) is 0 Å². The average molecular weight is 313 g/mol. The van der Waals surface area contributed by atoms with Gasteiger partial charge in [-0.15, -0.1) is 0 Å². The Bertz CT molecular complexity index is 673. The predicted octanol–water partition coefficient (Wildman–Crippen LogP) is 4.76. The smallest absolute Gasteiger partial charge is 0.132 e. The Labute approximate surface area is 124 Å². The molecule has 0 aliphatic heterocycles. The topological polar surface area (TPSA) is 35.8 Å². The molecule has 2 rings (SSSR count). The lowest BCUT2D eigenvalue weighted by molar-refractivity contribution is 0.559. The second-order valence-electron chi connectivity index (χ2n) is 4.01. The highest BCUT2D eigenvalue weighted by molar-refractivity contribution is 6.42. The van der Waals surface area contributed by atoms with Crippen LogP contribution in [0, 0.1) is 23.0 Å². The molecule has 0 atom stereocenters. The first-order valence-electron chi connectivity index (χ1n) is 5.58. The number of hydrogen-bond donors (Lipinski definition) is 1. The van der Waals surface area contributed by atoms with E-state index in [2.05, 4.69) is 5.32 Å². The van der Waals surface area contributed by atoms with Crippen molar-refractivity contribution in [3.8, 4) is 6.07 Å². The molecule has 0 amide bonds. The fraction of sp³-hybridized carbons (Fsp3) is 0.0714. The van der Waals surface area contributed by atoms with E-state index in [0.29, 0.717) is 15.7 Å². The van der Waals surface area contributed by atoms with Crippen LogP contribution < -0.4 is 5.32 Å². The van der Waals surface area contributed by atoms with Gasteiger partial charge in [-0.2, -0.15) is 5.26 Å². The Morgan fingerprint density at radius 3 is 2.25 bits per heavy atom. The number of nitrogens with zero attached hydrogens (tertiary/aromatic N) is 1. The third-order valence-corrected chi connectivity index (χ3v) is 3.40. The quantitative estimate of drug-likeness (QED) is 0.887. The normalized spacial score (nSPS) is 10.2. The van der Waals surface area contributed by atoms with Gasteiger partial charge in [0, 0.05) is 17.8 Å². The summed E-state index contributed by atoms with van der Waals surface area (Å²) in [5.74, 6) is -1.54. The molecule has 1 N–H and O–H groups in total. The molecule has 0 aliphatic rings. The average Bonchev–Trinajstić information content (AvgIpc) is 2.41. The highest BCUT2D eigenvalue weighted by Crippen LogP contribution is 2.25. The number of rotatable bonds is 3. The van der Waals surface area contributed by atoms with Crippen LogP contribution in [-0.4, -0.2) is 0 Å². The fourth-order valence-corrected chi connectivity index (χ4v) is 1.93. The van der Waals surface area contributed by atoms with Crippen molar-refractivity contribution in [2.75, 3.05) is 5.32 Å². The van der Waals surface area contributed by atoms with Gasteiger partial charge < -0.3 is 5.32 Å². The van der Waals surface area contributed by atoms with Gasteiger partial charge >= 0.3 is 0 Å². The van der Waals surface area contributed by atoms with Crippen molar-refractivity contribution < 1.29 is 8.78 Å². The largest absolute Gasteiger partial charge is 0.381 e. The van der Waals surface area contributed by atoms with Gasteiger partial charge in [0.15, 0.2) is 0 Å². The molecule has 0 saturated carbocycles. The van der Waals surface area contributed by atoms with E-state index in [1.807, 2.05) is 0 Å². The summed E-state index contributed by atoms with van der Waals surface area (Å²) in [4.78, 5) is 0. The summed E-state index contributed by atoms with van der Waals surface area (Å²) >= 11 is 11.6. The molecule has 0 heterocycles. The summed E-state index contributed by atoms with van der Waals surface area (Å²) < 4.78 is 27.3. The summed E-state index contributed by atoms with van der Waals surface area (Å²) in [6.45, 7) is -0.0681. The van der Waals surface area contributed by atoms with E-state index < -0.39 is 11.6 Å². The zero-order chi connectivity index (χ0) is 14.7. The van der Waals surface area contributed by atoms with E-state index in [9.17, 15) is 8.78 Å². The van der Waals surface area contributed by atoms with Crippen LogP contribution in [0.1, 0.15) is 11.1 Å². The molecule has 102 valence electrons. The molecule has 0 fully saturated rings. The van der Waals surface area contributed by atoms with E-state index >= 15 is 0 Å². The Morgan fingerprint density at radius 2 is 1.70 bits per heavy atom. The van der Waals surface area contributed by atoms with E-state index in [1.165, 1.54) is 0 Å². The summed E-state index contributed by atoms with van der Waals surface area (Å²) in [6.07, 6.45) is 0. The van der Waals surface area contributed by atoms with Gasteiger partial charge in [0.1, 0.15) is 11.6 Å². The molecule has 20 heavy (non-hydrogen) atoms. The molecule has 2 aromatic rings. The van der Waals surface area contributed by atoms with Crippen molar-refractivity contribution in [1.29, 1.82) is 5.26 Å². The van der Waals surface area contributed by atoms with Crippen molar-refractivity contribution >= 4 is 28.9 Å². The van der Waals surface area contributed by atoms with E-state index in [1.54, 1.807) is 24.3 Å². The molecule has 2 nitrogen and oxygen atoms in total. The van der Waals surface area contributed by atoms with Crippen LogP contribution in [0.15, 0.2) is 30.3 Å². The number of nitrogens with one attached hydrogen (secondary N) is 1. The van der Waals surface area contributed by atoms with Gasteiger partial charge in [-0.05, 0) is 30.3 Å². The molecule has 0 aromatic heterocycles. The van der Waals surface area contributed by atoms with Gasteiger partial charge in [-0.3, -0.25) is 0 Å². The zero-order valence-corrected chi connectivity index (χ0v) is 11.6. The molecule has 0 bridgehead atoms. The monoisotopic (exact) mass is 312 g/mol. The minimum atomic E-state index is -0.769. The van der Waals surface area contributed by atoms with Gasteiger partial charge in [-0.25, -0.2) is 8.78 Å². The zero-order valence-electron chi connectivity index (χ0n) is 10.1. The minimum absolute atomic E-state index is 0.0571. The lowest BCUT2D eigenvalue weighted by Gasteiger charge is -2.09. The Kier molecular flexibility index (Phi) is 4.43. The highest BCUT2D eigenvalue weighted by Gasteiger charge is 2.11. The van der Waals surface area contributed by atoms with Gasteiger partial charge in [-0.1, -0.05) is 23.2 Å². The van der Waals surface area contributed by atoms with Crippen molar-refractivity contribution in [2.45, 2.75) is 6.54 Å². The summed E-state index contributed by atoms with van der Waals surface area (Å²) in [6, 6.07) is 8.47. The molecule has 2 aromatic carbocycles. The maximum Gasteiger partial charge on any atom is 0.132 e. The number of anilines is 1. The summed E-state index contributed by atoms with van der Waals surface area (Å²) in [7, 11) is 0. The summed E-state index contributed by atoms with van der Waals surface area (Å²) in [5.41, 5.74) is 0.385. The first-order valence-corrected chi connectivity index (χ1v) is 6.34.